The van der Waals surface area contributed by atoms with Gasteiger partial charge < -0.3 is 10.1 Å². The number of carbonyl (C=O) groups is 1. The maximum Gasteiger partial charge on any atom is 0.417 e. The number of pyridine rings is 1. The quantitative estimate of drug-likeness (QED) is 0.558. The van der Waals surface area contributed by atoms with Gasteiger partial charge in [0.25, 0.3) is 5.91 Å². The Morgan fingerprint density at radius 3 is 2.53 bits per heavy atom. The van der Waals surface area contributed by atoms with E-state index in [1.165, 1.54) is 16.9 Å². The Hall–Kier alpha value is -3.40. The number of nitrogens with one attached hydrogen (secondary N) is 1. The van der Waals surface area contributed by atoms with E-state index in [1.807, 2.05) is 24.3 Å². The third-order valence-electron chi connectivity index (χ3n) is 6.08. The molecule has 0 saturated carbocycles. The zero-order valence-electron chi connectivity index (χ0n) is 19.0. The van der Waals surface area contributed by atoms with Crippen molar-refractivity contribution in [3.05, 3.63) is 71.2 Å². The molecule has 3 aromatic rings. The number of methoxy groups -OCH3 is 1. The topological polar surface area (TPSA) is 72.3 Å². The molecule has 0 spiro atoms. The number of halogens is 3. The van der Waals surface area contributed by atoms with Crippen LogP contribution >= 0.6 is 0 Å². The Kier molecular flexibility index (Phi) is 6.87. The van der Waals surface area contributed by atoms with Gasteiger partial charge in [-0.15, -0.1) is 0 Å². The van der Waals surface area contributed by atoms with Crippen LogP contribution in [0.3, 0.4) is 0 Å². The van der Waals surface area contributed by atoms with Gasteiger partial charge in [-0.25, -0.2) is 9.67 Å². The number of hydrogen-bond acceptors (Lipinski definition) is 5. The summed E-state index contributed by atoms with van der Waals surface area (Å²) in [5.74, 6) is 0.661. The molecule has 1 N–H and O–H groups in total. The van der Waals surface area contributed by atoms with E-state index in [9.17, 15) is 18.0 Å². The molecule has 7 nitrogen and oxygen atoms in total. The van der Waals surface area contributed by atoms with E-state index in [4.69, 9.17) is 4.74 Å². The second kappa shape index (κ2) is 9.84. The van der Waals surface area contributed by atoms with Crippen molar-refractivity contribution in [2.75, 3.05) is 26.7 Å². The van der Waals surface area contributed by atoms with Crippen LogP contribution in [0.1, 0.15) is 46.1 Å². The van der Waals surface area contributed by atoms with Crippen molar-refractivity contribution < 1.29 is 22.7 Å². The number of alkyl halides is 3. The smallest absolute Gasteiger partial charge is 0.417 e. The Morgan fingerprint density at radius 1 is 1.15 bits per heavy atom. The summed E-state index contributed by atoms with van der Waals surface area (Å²) >= 11 is 0. The van der Waals surface area contributed by atoms with Crippen LogP contribution in [-0.2, 0) is 6.18 Å². The van der Waals surface area contributed by atoms with Crippen LogP contribution in [0, 0.1) is 6.92 Å². The van der Waals surface area contributed by atoms with Crippen molar-refractivity contribution in [2.24, 2.45) is 0 Å². The summed E-state index contributed by atoms with van der Waals surface area (Å²) < 4.78 is 45.4. The van der Waals surface area contributed by atoms with Gasteiger partial charge in [0.15, 0.2) is 5.82 Å². The van der Waals surface area contributed by atoms with E-state index >= 15 is 0 Å². The molecule has 1 saturated heterocycles. The first-order valence-electron chi connectivity index (χ1n) is 11.0. The summed E-state index contributed by atoms with van der Waals surface area (Å²) in [4.78, 5) is 19.2. The Bertz CT molecular complexity index is 1140. The Balaban J connectivity index is 1.51. The minimum atomic E-state index is -4.47. The van der Waals surface area contributed by atoms with Gasteiger partial charge in [0, 0.05) is 18.3 Å². The molecule has 1 aliphatic heterocycles. The lowest BCUT2D eigenvalue weighted by atomic mass is 10.0. The molecule has 3 heterocycles. The Morgan fingerprint density at radius 2 is 1.88 bits per heavy atom. The van der Waals surface area contributed by atoms with Crippen LogP contribution in [-0.4, -0.2) is 52.3 Å². The van der Waals surface area contributed by atoms with Gasteiger partial charge in [0.1, 0.15) is 5.75 Å². The van der Waals surface area contributed by atoms with Crippen molar-refractivity contribution in [1.82, 2.24) is 25.0 Å². The molecule has 10 heteroatoms. The second-order valence-corrected chi connectivity index (χ2v) is 8.17. The normalized spacial score (nSPS) is 15.3. The van der Waals surface area contributed by atoms with Crippen LogP contribution in [0.2, 0.25) is 0 Å². The van der Waals surface area contributed by atoms with Crippen LogP contribution in [0.25, 0.3) is 5.82 Å². The molecule has 0 aliphatic carbocycles. The van der Waals surface area contributed by atoms with Gasteiger partial charge in [-0.1, -0.05) is 18.2 Å². The maximum atomic E-state index is 13.0. The van der Waals surface area contributed by atoms with E-state index in [1.54, 1.807) is 14.0 Å². The van der Waals surface area contributed by atoms with Crippen molar-refractivity contribution in [3.63, 3.8) is 0 Å². The van der Waals surface area contributed by atoms with Crippen LogP contribution in [0.15, 0.2) is 48.8 Å². The minimum Gasteiger partial charge on any atom is -0.496 e. The van der Waals surface area contributed by atoms with Gasteiger partial charge in [-0.05, 0) is 51.1 Å². The van der Waals surface area contributed by atoms with Crippen molar-refractivity contribution in [3.8, 4) is 11.6 Å². The highest BCUT2D eigenvalue weighted by Crippen LogP contribution is 2.31. The molecular formula is C24H26F3N5O2. The maximum absolute atomic E-state index is 13.0. The molecule has 0 radical (unpaired) electrons. The van der Waals surface area contributed by atoms with Crippen LogP contribution < -0.4 is 10.1 Å². The predicted octanol–water partition coefficient (Wildman–Crippen LogP) is 4.17. The van der Waals surface area contributed by atoms with E-state index in [-0.39, 0.29) is 17.8 Å². The van der Waals surface area contributed by atoms with Gasteiger partial charge >= 0.3 is 6.18 Å². The van der Waals surface area contributed by atoms with Gasteiger partial charge in [-0.2, -0.15) is 18.3 Å². The van der Waals surface area contributed by atoms with E-state index < -0.39 is 11.7 Å². The minimum absolute atomic E-state index is 0.0467. The fourth-order valence-electron chi connectivity index (χ4n) is 4.26. The first-order chi connectivity index (χ1) is 16.3. The number of benzene rings is 1. The number of ether oxygens (including phenoxy) is 1. The summed E-state index contributed by atoms with van der Waals surface area (Å²) in [6.07, 6.45) is -0.109. The molecule has 34 heavy (non-hydrogen) atoms. The fourth-order valence-corrected chi connectivity index (χ4v) is 4.26. The van der Waals surface area contributed by atoms with E-state index in [0.717, 1.165) is 49.5 Å². The third kappa shape index (κ3) is 4.91. The highest BCUT2D eigenvalue weighted by atomic mass is 19.4. The number of likely N-dealkylation sites (tertiary alicyclic amines) is 1. The number of nitrogens with zero attached hydrogens (tertiary/aromatic N) is 4. The van der Waals surface area contributed by atoms with Crippen LogP contribution in [0.4, 0.5) is 13.2 Å². The fraction of sp³-hybridized carbons (Fsp3) is 0.375. The number of carbonyl (C=O) groups excluding carboxylic acids is 1. The first kappa shape index (κ1) is 23.7. The summed E-state index contributed by atoms with van der Waals surface area (Å²) in [6.45, 7) is 3.94. The van der Waals surface area contributed by atoms with Crippen molar-refractivity contribution in [1.29, 1.82) is 0 Å². The van der Waals surface area contributed by atoms with E-state index in [2.05, 4.69) is 20.3 Å². The largest absolute Gasteiger partial charge is 0.496 e. The Labute approximate surface area is 195 Å². The van der Waals surface area contributed by atoms with Gasteiger partial charge in [0.2, 0.25) is 0 Å². The zero-order valence-corrected chi connectivity index (χ0v) is 19.0. The van der Waals surface area contributed by atoms with Crippen LogP contribution in [0.5, 0.6) is 5.75 Å². The standard InChI is InChI=1S/C24H26F3N5O2/c1-16-19(14-30-32(16)22-10-9-17(13-28-22)24(25,26)27)23(33)29-15-20(31-11-5-6-12-31)18-7-3-4-8-21(18)34-2/h3-4,7-10,13-14,20H,5-6,11-12,15H2,1-2H3,(H,29,33). The average molecular weight is 473 g/mol. The molecule has 1 fully saturated rings. The highest BCUT2D eigenvalue weighted by Gasteiger charge is 2.31. The van der Waals surface area contributed by atoms with Crippen molar-refractivity contribution >= 4 is 5.91 Å². The monoisotopic (exact) mass is 473 g/mol. The lowest BCUT2D eigenvalue weighted by molar-refractivity contribution is -0.137. The van der Waals surface area contributed by atoms with E-state index in [0.29, 0.717) is 17.8 Å². The molecule has 1 aromatic carbocycles. The number of aromatic nitrogens is 3. The number of para-hydroxylation sites is 1. The predicted molar refractivity (Wildman–Crippen MR) is 120 cm³/mol. The molecule has 1 atom stereocenters. The number of hydrogen-bond donors (Lipinski definition) is 1. The molecule has 180 valence electrons. The molecule has 4 rings (SSSR count). The number of rotatable bonds is 7. The number of amides is 1. The third-order valence-corrected chi connectivity index (χ3v) is 6.08. The average Bonchev–Trinajstić information content (AvgIpc) is 3.49. The molecule has 2 aromatic heterocycles. The molecule has 1 amide bonds. The molecular weight excluding hydrogens is 447 g/mol. The second-order valence-electron chi connectivity index (χ2n) is 8.17. The lowest BCUT2D eigenvalue weighted by Gasteiger charge is -2.29. The molecule has 1 unspecified atom stereocenters. The summed E-state index contributed by atoms with van der Waals surface area (Å²) in [5.41, 5.74) is 0.985. The molecule has 0 bridgehead atoms. The lowest BCUT2D eigenvalue weighted by Crippen LogP contribution is -2.37. The van der Waals surface area contributed by atoms with Gasteiger partial charge in [-0.3, -0.25) is 9.69 Å². The summed E-state index contributed by atoms with van der Waals surface area (Å²) in [5, 5.41) is 7.17. The zero-order chi connectivity index (χ0) is 24.3. The summed E-state index contributed by atoms with van der Waals surface area (Å²) in [6, 6.07) is 9.91. The SMILES string of the molecule is COc1ccccc1C(CNC(=O)c1cnn(-c2ccc(C(F)(F)F)cn2)c1C)N1CCCC1. The summed E-state index contributed by atoms with van der Waals surface area (Å²) in [7, 11) is 1.63. The van der Waals surface area contributed by atoms with Gasteiger partial charge in [0.05, 0.1) is 36.2 Å². The first-order valence-corrected chi connectivity index (χ1v) is 11.0. The van der Waals surface area contributed by atoms with Crippen molar-refractivity contribution in [2.45, 2.75) is 32.0 Å². The highest BCUT2D eigenvalue weighted by molar-refractivity contribution is 5.95. The molecule has 1 aliphatic rings.